The third-order valence-electron chi connectivity index (χ3n) is 4.44. The molecule has 3 aliphatic rings. The molecule has 80 valence electrons. The summed E-state index contributed by atoms with van der Waals surface area (Å²) in [6.45, 7) is 2.60. The lowest BCUT2D eigenvalue weighted by atomic mass is 9.75. The third kappa shape index (κ3) is 2.52. The maximum Gasteiger partial charge on any atom is -0.0318 e. The fraction of sp³-hybridized carbons (Fsp3) is 1.00. The Kier molecular flexibility index (Phi) is 2.15. The maximum absolute atomic E-state index is 2.60. The van der Waals surface area contributed by atoms with Gasteiger partial charge in [0.15, 0.2) is 0 Å². The van der Waals surface area contributed by atoms with Crippen LogP contribution in [0.3, 0.4) is 0 Å². The third-order valence-corrected chi connectivity index (χ3v) is 4.44. The van der Waals surface area contributed by atoms with Crippen LogP contribution in [-0.4, -0.2) is 0 Å². The highest BCUT2D eigenvalue weighted by Crippen LogP contribution is 2.53. The van der Waals surface area contributed by atoms with E-state index in [4.69, 9.17) is 0 Å². The van der Waals surface area contributed by atoms with E-state index in [1.54, 1.807) is 57.8 Å². The highest BCUT2D eigenvalue weighted by molar-refractivity contribution is 4.92. The second-order valence-electron chi connectivity index (χ2n) is 6.75. The maximum atomic E-state index is 2.60. The average molecular weight is 192 g/mol. The van der Waals surface area contributed by atoms with Crippen molar-refractivity contribution in [2.45, 2.75) is 64.7 Å². The smallest absolute Gasteiger partial charge is 0.0318 e. The van der Waals surface area contributed by atoms with Crippen molar-refractivity contribution < 1.29 is 0 Å². The molecule has 0 aromatic heterocycles. The van der Waals surface area contributed by atoms with Crippen LogP contribution in [0.4, 0.5) is 0 Å². The fourth-order valence-electron chi connectivity index (χ4n) is 3.31. The predicted molar refractivity (Wildman–Crippen MR) is 60.1 cm³/mol. The van der Waals surface area contributed by atoms with E-state index in [1.165, 1.54) is 0 Å². The zero-order valence-corrected chi connectivity index (χ0v) is 9.60. The fourth-order valence-corrected chi connectivity index (χ4v) is 3.31. The molecule has 0 atom stereocenters. The molecule has 3 aliphatic carbocycles. The molecule has 3 rings (SSSR count). The Labute approximate surface area is 88.5 Å². The molecule has 0 heterocycles. The summed E-state index contributed by atoms with van der Waals surface area (Å²) in [7, 11) is 0. The van der Waals surface area contributed by atoms with Gasteiger partial charge in [-0.25, -0.2) is 0 Å². The standard InChI is InChI=1S/C14H24/c1-14(8-11-2-3-11,9-12-4-5-12)10-13-6-7-13/h11-13H,2-10H2,1H3. The Morgan fingerprint density at radius 3 is 1.21 bits per heavy atom. The topological polar surface area (TPSA) is 0 Å². The Morgan fingerprint density at radius 1 is 0.714 bits per heavy atom. The monoisotopic (exact) mass is 192 g/mol. The van der Waals surface area contributed by atoms with Gasteiger partial charge in [-0.1, -0.05) is 45.4 Å². The molecule has 0 unspecified atom stereocenters. The molecule has 0 nitrogen and oxygen atoms in total. The molecule has 0 radical (unpaired) electrons. The van der Waals surface area contributed by atoms with E-state index in [9.17, 15) is 0 Å². The van der Waals surface area contributed by atoms with E-state index >= 15 is 0 Å². The van der Waals surface area contributed by atoms with E-state index in [0.29, 0.717) is 0 Å². The second kappa shape index (κ2) is 3.25. The molecule has 3 saturated carbocycles. The van der Waals surface area contributed by atoms with E-state index in [-0.39, 0.29) is 0 Å². The van der Waals surface area contributed by atoms with Gasteiger partial charge in [0.05, 0.1) is 0 Å². The zero-order valence-electron chi connectivity index (χ0n) is 9.60. The van der Waals surface area contributed by atoms with Crippen LogP contribution >= 0.6 is 0 Å². The van der Waals surface area contributed by atoms with Crippen LogP contribution in [0.2, 0.25) is 0 Å². The Balaban J connectivity index is 1.56. The molecule has 0 saturated heterocycles. The average Bonchev–Trinajstić information content (AvgIpc) is 2.90. The minimum Gasteiger partial charge on any atom is -0.0596 e. The van der Waals surface area contributed by atoms with Crippen LogP contribution in [0.15, 0.2) is 0 Å². The molecular weight excluding hydrogens is 168 g/mol. The summed E-state index contributed by atoms with van der Waals surface area (Å²) >= 11 is 0. The predicted octanol–water partition coefficient (Wildman–Crippen LogP) is 4.39. The first-order valence-corrected chi connectivity index (χ1v) is 6.73. The van der Waals surface area contributed by atoms with Gasteiger partial charge in [-0.3, -0.25) is 0 Å². The minimum atomic E-state index is 0.753. The molecule has 0 aromatic carbocycles. The Morgan fingerprint density at radius 2 is 1.00 bits per heavy atom. The Bertz CT molecular complexity index is 170. The summed E-state index contributed by atoms with van der Waals surface area (Å²) in [5.41, 5.74) is 0.753. The van der Waals surface area contributed by atoms with Gasteiger partial charge in [0, 0.05) is 0 Å². The van der Waals surface area contributed by atoms with E-state index in [2.05, 4.69) is 6.92 Å². The summed E-state index contributed by atoms with van der Waals surface area (Å²) in [5, 5.41) is 0. The van der Waals surface area contributed by atoms with Crippen LogP contribution in [0.1, 0.15) is 64.7 Å². The van der Waals surface area contributed by atoms with Crippen LogP contribution in [-0.2, 0) is 0 Å². The summed E-state index contributed by atoms with van der Waals surface area (Å²) < 4.78 is 0. The van der Waals surface area contributed by atoms with Gasteiger partial charge >= 0.3 is 0 Å². The first kappa shape index (κ1) is 9.24. The summed E-state index contributed by atoms with van der Waals surface area (Å²) in [6, 6.07) is 0. The lowest BCUT2D eigenvalue weighted by molar-refractivity contribution is 0.210. The molecular formula is C14H24. The number of hydrogen-bond acceptors (Lipinski definition) is 0. The summed E-state index contributed by atoms with van der Waals surface area (Å²) in [4.78, 5) is 0. The number of rotatable bonds is 6. The van der Waals surface area contributed by atoms with Crippen molar-refractivity contribution in [1.82, 2.24) is 0 Å². The van der Waals surface area contributed by atoms with Gasteiger partial charge in [0.1, 0.15) is 0 Å². The molecule has 0 bridgehead atoms. The quantitative estimate of drug-likeness (QED) is 0.585. The van der Waals surface area contributed by atoms with E-state index in [0.717, 1.165) is 23.2 Å². The summed E-state index contributed by atoms with van der Waals surface area (Å²) in [5.74, 6) is 3.41. The van der Waals surface area contributed by atoms with Gasteiger partial charge in [-0.05, 0) is 42.4 Å². The van der Waals surface area contributed by atoms with Crippen molar-refractivity contribution in [3.05, 3.63) is 0 Å². The normalized spacial score (nSPS) is 28.1. The van der Waals surface area contributed by atoms with Crippen molar-refractivity contribution in [2.75, 3.05) is 0 Å². The first-order valence-electron chi connectivity index (χ1n) is 6.73. The molecule has 0 heteroatoms. The van der Waals surface area contributed by atoms with Gasteiger partial charge < -0.3 is 0 Å². The SMILES string of the molecule is CC(CC1CC1)(CC1CC1)CC1CC1. The summed E-state index contributed by atoms with van der Waals surface area (Å²) in [6.07, 6.45) is 14.0. The lowest BCUT2D eigenvalue weighted by Crippen LogP contribution is -2.19. The van der Waals surface area contributed by atoms with Crippen LogP contribution < -0.4 is 0 Å². The molecule has 3 fully saturated rings. The largest absolute Gasteiger partial charge is 0.0596 e. The van der Waals surface area contributed by atoms with Crippen LogP contribution in [0, 0.1) is 23.2 Å². The minimum absolute atomic E-state index is 0.753. The number of hydrogen-bond donors (Lipinski definition) is 0. The molecule has 0 N–H and O–H groups in total. The highest BCUT2D eigenvalue weighted by atomic mass is 14.5. The van der Waals surface area contributed by atoms with Crippen LogP contribution in [0.25, 0.3) is 0 Å². The van der Waals surface area contributed by atoms with E-state index in [1.807, 2.05) is 0 Å². The molecule has 0 aromatic rings. The van der Waals surface area contributed by atoms with Crippen molar-refractivity contribution >= 4 is 0 Å². The lowest BCUT2D eigenvalue weighted by Gasteiger charge is -2.30. The molecule has 0 amide bonds. The zero-order chi connectivity index (χ0) is 9.60. The Hall–Kier alpha value is 0. The van der Waals surface area contributed by atoms with Gasteiger partial charge in [0.25, 0.3) is 0 Å². The first-order chi connectivity index (χ1) is 6.73. The van der Waals surface area contributed by atoms with Crippen LogP contribution in [0.5, 0.6) is 0 Å². The highest BCUT2D eigenvalue weighted by Gasteiger charge is 2.40. The van der Waals surface area contributed by atoms with Crippen molar-refractivity contribution in [3.8, 4) is 0 Å². The van der Waals surface area contributed by atoms with Gasteiger partial charge in [0.2, 0.25) is 0 Å². The van der Waals surface area contributed by atoms with Gasteiger partial charge in [-0.2, -0.15) is 0 Å². The molecule has 0 aliphatic heterocycles. The van der Waals surface area contributed by atoms with E-state index < -0.39 is 0 Å². The van der Waals surface area contributed by atoms with Gasteiger partial charge in [-0.15, -0.1) is 0 Å². The van der Waals surface area contributed by atoms with Crippen molar-refractivity contribution in [2.24, 2.45) is 23.2 Å². The second-order valence-corrected chi connectivity index (χ2v) is 6.75. The molecule has 14 heavy (non-hydrogen) atoms. The van der Waals surface area contributed by atoms with Crippen molar-refractivity contribution in [3.63, 3.8) is 0 Å². The van der Waals surface area contributed by atoms with Crippen molar-refractivity contribution in [1.29, 1.82) is 0 Å². The molecule has 0 spiro atoms.